The van der Waals surface area contributed by atoms with Crippen molar-refractivity contribution in [2.75, 3.05) is 54.0 Å². The summed E-state index contributed by atoms with van der Waals surface area (Å²) in [5.41, 5.74) is 7.29. The predicted octanol–water partition coefficient (Wildman–Crippen LogP) is 9.30. The van der Waals surface area contributed by atoms with E-state index in [0.717, 1.165) is 72.0 Å². The highest BCUT2D eigenvalue weighted by atomic mass is 35.5. The maximum atomic E-state index is 12.5. The molecule has 1 fully saturated rings. The van der Waals surface area contributed by atoms with Gasteiger partial charge in [0.15, 0.2) is 11.5 Å². The second-order valence-corrected chi connectivity index (χ2v) is 15.0. The fourth-order valence-corrected chi connectivity index (χ4v) is 6.87. The number of piperazine rings is 1. The van der Waals surface area contributed by atoms with E-state index in [-0.39, 0.29) is 18.2 Å². The average molecular weight is 860 g/mol. The maximum absolute atomic E-state index is 12.5. The molecular weight excluding hydrogens is 815 g/mol. The van der Waals surface area contributed by atoms with Crippen LogP contribution in [0.2, 0.25) is 10.0 Å². The van der Waals surface area contributed by atoms with Crippen LogP contribution in [0.5, 0.6) is 0 Å². The number of hydrogen-bond donors (Lipinski definition) is 5. The molecule has 5 N–H and O–H groups in total. The predicted molar refractivity (Wildman–Crippen MR) is 240 cm³/mol. The molecule has 0 unspecified atom stereocenters. The Balaban J connectivity index is 0.000000184. The molecule has 14 nitrogen and oxygen atoms in total. The van der Waals surface area contributed by atoms with Crippen LogP contribution in [0.1, 0.15) is 23.1 Å². The monoisotopic (exact) mass is 858 g/mol. The fourth-order valence-electron chi connectivity index (χ4n) is 6.34. The van der Waals surface area contributed by atoms with E-state index < -0.39 is 0 Å². The number of pyridine rings is 2. The van der Waals surface area contributed by atoms with Crippen LogP contribution in [0.15, 0.2) is 125 Å². The van der Waals surface area contributed by atoms with E-state index in [1.54, 1.807) is 55.4 Å². The van der Waals surface area contributed by atoms with Gasteiger partial charge in [0.05, 0.1) is 18.8 Å². The molecule has 312 valence electrons. The van der Waals surface area contributed by atoms with Gasteiger partial charge in [-0.25, -0.2) is 9.97 Å². The number of rotatable bonds is 13. The minimum Gasteiger partial charge on any atom is -0.423 e. The van der Waals surface area contributed by atoms with E-state index >= 15 is 0 Å². The number of benzene rings is 3. The molecule has 0 radical (unpaired) electrons. The summed E-state index contributed by atoms with van der Waals surface area (Å²) in [6.45, 7) is 8.66. The normalized spacial score (nSPS) is 12.5. The van der Waals surface area contributed by atoms with E-state index in [0.29, 0.717) is 51.3 Å². The third kappa shape index (κ3) is 12.0. The highest BCUT2D eigenvalue weighted by molar-refractivity contribution is 6.36. The third-order valence-corrected chi connectivity index (χ3v) is 10.4. The van der Waals surface area contributed by atoms with Gasteiger partial charge >= 0.3 is 0 Å². The van der Waals surface area contributed by atoms with Gasteiger partial charge < -0.3 is 40.3 Å². The molecule has 4 aromatic heterocycles. The Morgan fingerprint density at radius 1 is 0.689 bits per heavy atom. The summed E-state index contributed by atoms with van der Waals surface area (Å²) in [7, 11) is 0. The summed E-state index contributed by atoms with van der Waals surface area (Å²) in [5, 5.41) is 16.5. The second kappa shape index (κ2) is 20.6. The van der Waals surface area contributed by atoms with Crippen molar-refractivity contribution in [2.45, 2.75) is 26.7 Å². The SMILES string of the molecule is Cc1ccc(NC(=O)CCN2CCNCC2)cc1Nc1ncc(-c2cccnc2)o1.Cc1ccc(NC(=O)Cc2c(Cl)cccc2Cl)cc1Nc1ncc(-c2ccncc2)o1. The number of halogens is 2. The van der Waals surface area contributed by atoms with Crippen molar-refractivity contribution in [3.05, 3.63) is 143 Å². The molecule has 1 saturated heterocycles. The number of carbonyl (C=O) groups excluding carboxylic acids is 2. The lowest BCUT2D eigenvalue weighted by Crippen LogP contribution is -2.44. The van der Waals surface area contributed by atoms with E-state index in [4.69, 9.17) is 32.0 Å². The Hall–Kier alpha value is -6.58. The molecule has 7 aromatic rings. The lowest BCUT2D eigenvalue weighted by molar-refractivity contribution is -0.117. The van der Waals surface area contributed by atoms with E-state index in [1.165, 1.54) is 0 Å². The second-order valence-electron chi connectivity index (χ2n) is 14.2. The van der Waals surface area contributed by atoms with Crippen LogP contribution in [0, 0.1) is 13.8 Å². The quantitative estimate of drug-likeness (QED) is 0.0744. The lowest BCUT2D eigenvalue weighted by atomic mass is 10.1. The Morgan fingerprint density at radius 3 is 1.87 bits per heavy atom. The first-order valence-corrected chi connectivity index (χ1v) is 20.4. The summed E-state index contributed by atoms with van der Waals surface area (Å²) in [5.74, 6) is 1.06. The zero-order chi connectivity index (χ0) is 42.6. The zero-order valence-corrected chi connectivity index (χ0v) is 35.1. The number of nitrogens with one attached hydrogen (secondary N) is 5. The van der Waals surface area contributed by atoms with E-state index in [2.05, 4.69) is 51.4 Å². The van der Waals surface area contributed by atoms with Crippen LogP contribution < -0.4 is 26.6 Å². The van der Waals surface area contributed by atoms with Crippen molar-refractivity contribution in [3.8, 4) is 22.6 Å². The first kappa shape index (κ1) is 42.5. The first-order valence-electron chi connectivity index (χ1n) is 19.6. The minimum absolute atomic E-state index is 0.0123. The highest BCUT2D eigenvalue weighted by Gasteiger charge is 2.15. The van der Waals surface area contributed by atoms with Crippen molar-refractivity contribution < 1.29 is 18.4 Å². The molecule has 3 aromatic carbocycles. The molecule has 16 heteroatoms. The molecule has 0 spiro atoms. The number of carbonyl (C=O) groups is 2. The van der Waals surface area contributed by atoms with Crippen molar-refractivity contribution in [3.63, 3.8) is 0 Å². The molecule has 8 rings (SSSR count). The molecule has 1 aliphatic rings. The van der Waals surface area contributed by atoms with Crippen LogP contribution in [0.25, 0.3) is 22.6 Å². The van der Waals surface area contributed by atoms with E-state index in [1.807, 2.05) is 74.5 Å². The summed E-state index contributed by atoms with van der Waals surface area (Å²) in [6, 6.07) is 24.6. The zero-order valence-electron chi connectivity index (χ0n) is 33.5. The number of oxazole rings is 2. The molecule has 2 amide bonds. The molecule has 0 aliphatic carbocycles. The average Bonchev–Trinajstić information content (AvgIpc) is 3.95. The molecule has 1 aliphatic heterocycles. The fraction of sp³-hybridized carbons (Fsp3) is 0.200. The van der Waals surface area contributed by atoms with Gasteiger partial charge in [0.2, 0.25) is 11.8 Å². The van der Waals surface area contributed by atoms with Crippen molar-refractivity contribution in [1.82, 2.24) is 30.2 Å². The maximum Gasteiger partial charge on any atom is 0.299 e. The number of nitrogens with zero attached hydrogens (tertiary/aromatic N) is 5. The van der Waals surface area contributed by atoms with Gasteiger partial charge in [0.25, 0.3) is 12.0 Å². The minimum atomic E-state index is -0.221. The van der Waals surface area contributed by atoms with Gasteiger partial charge in [-0.3, -0.25) is 19.6 Å². The van der Waals surface area contributed by atoms with Gasteiger partial charge in [-0.05, 0) is 91.2 Å². The van der Waals surface area contributed by atoms with Gasteiger partial charge in [-0.15, -0.1) is 0 Å². The van der Waals surface area contributed by atoms with Gasteiger partial charge in [-0.2, -0.15) is 0 Å². The molecule has 0 atom stereocenters. The van der Waals surface area contributed by atoms with Crippen LogP contribution in [0.3, 0.4) is 0 Å². The van der Waals surface area contributed by atoms with Crippen molar-refractivity contribution in [1.29, 1.82) is 0 Å². The van der Waals surface area contributed by atoms with Crippen LogP contribution >= 0.6 is 23.2 Å². The topological polar surface area (TPSA) is 175 Å². The Labute approximate surface area is 363 Å². The van der Waals surface area contributed by atoms with Gasteiger partial charge in [0, 0.05) is 108 Å². The molecule has 61 heavy (non-hydrogen) atoms. The van der Waals surface area contributed by atoms with Crippen molar-refractivity contribution >= 4 is 69.8 Å². The summed E-state index contributed by atoms with van der Waals surface area (Å²) < 4.78 is 11.6. The molecular formula is C45H44Cl2N10O4. The summed E-state index contributed by atoms with van der Waals surface area (Å²) >= 11 is 12.3. The lowest BCUT2D eigenvalue weighted by Gasteiger charge is -2.26. The standard InChI is InChI=1S/C23H18Cl2N4O2.C22H26N6O2/c1-14-5-6-16(28-22(30)12-17-18(24)3-2-4-19(17)25)11-20(14)29-23-27-13-21(31-23)15-7-9-26-10-8-15;1-16-4-5-18(26-21(29)6-10-28-11-8-23-9-12-28)13-19(16)27-22-25-15-20(30-22)17-3-2-7-24-14-17/h2-11,13H,12H2,1H3,(H,27,29)(H,28,30);2-5,7,13-15,23H,6,8-12H2,1H3,(H,25,27)(H,26,29). The molecule has 5 heterocycles. The van der Waals surface area contributed by atoms with Gasteiger partial charge in [-0.1, -0.05) is 41.4 Å². The summed E-state index contributed by atoms with van der Waals surface area (Å²) in [6.07, 6.45) is 10.7. The van der Waals surface area contributed by atoms with Crippen LogP contribution in [0.4, 0.5) is 34.8 Å². The van der Waals surface area contributed by atoms with Crippen LogP contribution in [-0.2, 0) is 16.0 Å². The number of aromatic nitrogens is 4. The Kier molecular flexibility index (Phi) is 14.4. The number of hydrogen-bond acceptors (Lipinski definition) is 12. The largest absolute Gasteiger partial charge is 0.423 e. The van der Waals surface area contributed by atoms with Gasteiger partial charge in [0.1, 0.15) is 0 Å². The van der Waals surface area contributed by atoms with Crippen LogP contribution in [-0.4, -0.2) is 69.4 Å². The number of amides is 2. The Morgan fingerprint density at radius 2 is 1.28 bits per heavy atom. The highest BCUT2D eigenvalue weighted by Crippen LogP contribution is 2.30. The summed E-state index contributed by atoms with van der Waals surface area (Å²) in [4.78, 5) is 43.9. The Bertz CT molecular complexity index is 2540. The van der Waals surface area contributed by atoms with E-state index in [9.17, 15) is 9.59 Å². The first-order chi connectivity index (χ1) is 29.7. The molecule has 0 saturated carbocycles. The number of anilines is 6. The third-order valence-electron chi connectivity index (χ3n) is 9.71. The smallest absolute Gasteiger partial charge is 0.299 e. The van der Waals surface area contributed by atoms with Crippen molar-refractivity contribution in [2.24, 2.45) is 0 Å². The molecule has 0 bridgehead atoms. The number of aryl methyl sites for hydroxylation is 2.